The first-order chi connectivity index (χ1) is 11.3. The fourth-order valence-corrected chi connectivity index (χ4v) is 4.47. The van der Waals surface area contributed by atoms with E-state index in [-0.39, 0.29) is 17.4 Å². The van der Waals surface area contributed by atoms with Crippen molar-refractivity contribution in [2.24, 2.45) is 17.1 Å². The van der Waals surface area contributed by atoms with Gasteiger partial charge in [-0.05, 0) is 44.7 Å². The van der Waals surface area contributed by atoms with Crippen LogP contribution in [-0.2, 0) is 11.3 Å². The summed E-state index contributed by atoms with van der Waals surface area (Å²) in [5.74, 6) is 0.530. The SMILES string of the molecule is Cc1nc(CN2CCC(C(=O)N3CCC(N)C(C)(C)C3)CC2)cs1. The average Bonchev–Trinajstić information content (AvgIpc) is 2.95. The van der Waals surface area contributed by atoms with Gasteiger partial charge in [-0.25, -0.2) is 4.98 Å². The van der Waals surface area contributed by atoms with E-state index >= 15 is 0 Å². The summed E-state index contributed by atoms with van der Waals surface area (Å²) in [5.41, 5.74) is 7.38. The van der Waals surface area contributed by atoms with E-state index < -0.39 is 0 Å². The third kappa shape index (κ3) is 3.98. The molecule has 0 bridgehead atoms. The van der Waals surface area contributed by atoms with Crippen LogP contribution in [0.5, 0.6) is 0 Å². The van der Waals surface area contributed by atoms with Gasteiger partial charge in [0.1, 0.15) is 0 Å². The Hall–Kier alpha value is -0.980. The second-order valence-electron chi connectivity index (χ2n) is 8.05. The van der Waals surface area contributed by atoms with Gasteiger partial charge < -0.3 is 10.6 Å². The van der Waals surface area contributed by atoms with Crippen LogP contribution < -0.4 is 5.73 Å². The van der Waals surface area contributed by atoms with Gasteiger partial charge in [0.05, 0.1) is 10.7 Å². The van der Waals surface area contributed by atoms with Crippen molar-refractivity contribution in [1.29, 1.82) is 0 Å². The highest BCUT2D eigenvalue weighted by molar-refractivity contribution is 7.09. The molecule has 24 heavy (non-hydrogen) atoms. The molecule has 0 radical (unpaired) electrons. The van der Waals surface area contributed by atoms with Crippen LogP contribution in [-0.4, -0.2) is 52.9 Å². The van der Waals surface area contributed by atoms with Crippen molar-refractivity contribution in [1.82, 2.24) is 14.8 Å². The molecule has 6 heteroatoms. The van der Waals surface area contributed by atoms with E-state index in [4.69, 9.17) is 5.73 Å². The molecule has 2 aliphatic heterocycles. The number of thiazole rings is 1. The molecule has 134 valence electrons. The Morgan fingerprint density at radius 2 is 2.04 bits per heavy atom. The molecular weight excluding hydrogens is 320 g/mol. The number of hydrogen-bond donors (Lipinski definition) is 1. The van der Waals surface area contributed by atoms with Crippen LogP contribution >= 0.6 is 11.3 Å². The number of rotatable bonds is 3. The van der Waals surface area contributed by atoms with Crippen LogP contribution in [0.1, 0.15) is 43.8 Å². The Morgan fingerprint density at radius 1 is 1.33 bits per heavy atom. The Balaban J connectivity index is 1.50. The van der Waals surface area contributed by atoms with E-state index in [9.17, 15) is 4.79 Å². The lowest BCUT2D eigenvalue weighted by molar-refractivity contribution is -0.140. The maximum atomic E-state index is 12.9. The van der Waals surface area contributed by atoms with Crippen LogP contribution in [0.15, 0.2) is 5.38 Å². The molecule has 2 N–H and O–H groups in total. The Morgan fingerprint density at radius 3 is 2.62 bits per heavy atom. The van der Waals surface area contributed by atoms with Crippen LogP contribution in [0.2, 0.25) is 0 Å². The molecule has 0 saturated carbocycles. The number of carbonyl (C=O) groups excluding carboxylic acids is 1. The van der Waals surface area contributed by atoms with Crippen molar-refractivity contribution in [3.05, 3.63) is 16.1 Å². The number of piperidine rings is 2. The summed E-state index contributed by atoms with van der Waals surface area (Å²) in [5, 5.41) is 3.27. The van der Waals surface area contributed by atoms with Crippen molar-refractivity contribution < 1.29 is 4.79 Å². The van der Waals surface area contributed by atoms with Gasteiger partial charge in [0.25, 0.3) is 0 Å². The molecule has 2 aliphatic rings. The first-order valence-electron chi connectivity index (χ1n) is 9.03. The molecule has 3 rings (SSSR count). The van der Waals surface area contributed by atoms with Crippen molar-refractivity contribution in [2.45, 2.75) is 52.6 Å². The standard InChI is InChI=1S/C18H30N4OS/c1-13-20-15(11-24-13)10-21-7-4-14(5-8-21)17(23)22-9-6-16(19)18(2,3)12-22/h11,14,16H,4-10,12,19H2,1-3H3. The predicted octanol–water partition coefficient (Wildman–Crippen LogP) is 2.25. The summed E-state index contributed by atoms with van der Waals surface area (Å²) in [6.45, 7) is 10.9. The third-order valence-electron chi connectivity index (χ3n) is 5.61. The zero-order chi connectivity index (χ0) is 17.3. The minimum Gasteiger partial charge on any atom is -0.342 e. The topological polar surface area (TPSA) is 62.5 Å². The number of nitrogens with zero attached hydrogens (tertiary/aromatic N) is 3. The fraction of sp³-hybridized carbons (Fsp3) is 0.778. The highest BCUT2D eigenvalue weighted by Gasteiger charge is 2.37. The van der Waals surface area contributed by atoms with Gasteiger partial charge in [-0.3, -0.25) is 9.69 Å². The van der Waals surface area contributed by atoms with Gasteiger partial charge in [-0.15, -0.1) is 11.3 Å². The number of aryl methyl sites for hydroxylation is 1. The molecule has 1 amide bonds. The molecule has 1 aromatic rings. The molecule has 5 nitrogen and oxygen atoms in total. The van der Waals surface area contributed by atoms with Crippen molar-refractivity contribution in [3.63, 3.8) is 0 Å². The zero-order valence-electron chi connectivity index (χ0n) is 15.1. The molecule has 2 saturated heterocycles. The fourth-order valence-electron chi connectivity index (χ4n) is 3.87. The predicted molar refractivity (Wildman–Crippen MR) is 97.8 cm³/mol. The Kier molecular flexibility index (Phi) is 5.27. The van der Waals surface area contributed by atoms with Gasteiger partial charge in [-0.2, -0.15) is 0 Å². The van der Waals surface area contributed by atoms with E-state index in [1.807, 2.05) is 6.92 Å². The zero-order valence-corrected chi connectivity index (χ0v) is 15.9. The van der Waals surface area contributed by atoms with E-state index in [2.05, 4.69) is 34.0 Å². The molecule has 2 fully saturated rings. The quantitative estimate of drug-likeness (QED) is 0.908. The molecule has 1 atom stereocenters. The minimum atomic E-state index is 0.0249. The first-order valence-corrected chi connectivity index (χ1v) is 9.91. The summed E-state index contributed by atoms with van der Waals surface area (Å²) < 4.78 is 0. The van der Waals surface area contributed by atoms with E-state index in [1.54, 1.807) is 11.3 Å². The summed E-state index contributed by atoms with van der Waals surface area (Å²) in [4.78, 5) is 21.9. The monoisotopic (exact) mass is 350 g/mol. The van der Waals surface area contributed by atoms with Crippen molar-refractivity contribution >= 4 is 17.2 Å². The average molecular weight is 351 g/mol. The molecule has 0 spiro atoms. The second-order valence-corrected chi connectivity index (χ2v) is 9.11. The second kappa shape index (κ2) is 7.10. The smallest absolute Gasteiger partial charge is 0.225 e. The summed E-state index contributed by atoms with van der Waals surface area (Å²) in [7, 11) is 0. The third-order valence-corrected chi connectivity index (χ3v) is 6.44. The van der Waals surface area contributed by atoms with Gasteiger partial charge in [0, 0.05) is 37.0 Å². The lowest BCUT2D eigenvalue weighted by atomic mass is 9.79. The molecule has 1 aromatic heterocycles. The number of nitrogens with two attached hydrogens (primary N) is 1. The summed E-state index contributed by atoms with van der Waals surface area (Å²) in [6.07, 6.45) is 2.84. The highest BCUT2D eigenvalue weighted by atomic mass is 32.1. The maximum Gasteiger partial charge on any atom is 0.225 e. The molecule has 1 unspecified atom stereocenters. The largest absolute Gasteiger partial charge is 0.342 e. The van der Waals surface area contributed by atoms with E-state index in [1.165, 1.54) is 0 Å². The van der Waals surface area contributed by atoms with Crippen LogP contribution in [0.3, 0.4) is 0 Å². The molecule has 3 heterocycles. The van der Waals surface area contributed by atoms with Crippen LogP contribution in [0.4, 0.5) is 0 Å². The Labute approximate surface area is 149 Å². The number of carbonyl (C=O) groups is 1. The highest BCUT2D eigenvalue weighted by Crippen LogP contribution is 2.30. The van der Waals surface area contributed by atoms with Gasteiger partial charge in [-0.1, -0.05) is 13.8 Å². The number of hydrogen-bond acceptors (Lipinski definition) is 5. The normalized spacial score (nSPS) is 25.8. The van der Waals surface area contributed by atoms with Gasteiger partial charge >= 0.3 is 0 Å². The van der Waals surface area contributed by atoms with E-state index in [0.717, 1.165) is 62.7 Å². The molecule has 0 aromatic carbocycles. The molecular formula is C18H30N4OS. The summed E-state index contributed by atoms with van der Waals surface area (Å²) >= 11 is 1.71. The van der Waals surface area contributed by atoms with Gasteiger partial charge in [0.15, 0.2) is 0 Å². The maximum absolute atomic E-state index is 12.9. The number of amides is 1. The van der Waals surface area contributed by atoms with Gasteiger partial charge in [0.2, 0.25) is 5.91 Å². The van der Waals surface area contributed by atoms with E-state index in [0.29, 0.717) is 5.91 Å². The molecule has 0 aliphatic carbocycles. The van der Waals surface area contributed by atoms with Crippen LogP contribution in [0, 0.1) is 18.3 Å². The van der Waals surface area contributed by atoms with Crippen molar-refractivity contribution in [2.75, 3.05) is 26.2 Å². The minimum absolute atomic E-state index is 0.0249. The number of aromatic nitrogens is 1. The lowest BCUT2D eigenvalue weighted by Crippen LogP contribution is -2.55. The summed E-state index contributed by atoms with van der Waals surface area (Å²) in [6, 6.07) is 0.199. The first kappa shape index (κ1) is 17.8. The number of likely N-dealkylation sites (tertiary alicyclic amines) is 2. The van der Waals surface area contributed by atoms with Crippen molar-refractivity contribution in [3.8, 4) is 0 Å². The Bertz CT molecular complexity index is 577. The lowest BCUT2D eigenvalue weighted by Gasteiger charge is -2.44. The van der Waals surface area contributed by atoms with Crippen LogP contribution in [0.25, 0.3) is 0 Å².